The molecule has 2 aliphatic rings. The summed E-state index contributed by atoms with van der Waals surface area (Å²) in [6.45, 7) is 9.15. The first-order valence-electron chi connectivity index (χ1n) is 7.78. The fourth-order valence-electron chi connectivity index (χ4n) is 3.50. The van der Waals surface area contributed by atoms with Gasteiger partial charge < -0.3 is 10.2 Å². The van der Waals surface area contributed by atoms with E-state index in [1.54, 1.807) is 0 Å². The van der Waals surface area contributed by atoms with E-state index in [2.05, 4.69) is 37.2 Å². The van der Waals surface area contributed by atoms with Crippen LogP contribution in [0.2, 0.25) is 0 Å². The molecule has 0 spiro atoms. The van der Waals surface area contributed by atoms with Crippen molar-refractivity contribution >= 4 is 0 Å². The fraction of sp³-hybridized carbons (Fsp3) is 0.938. The Morgan fingerprint density at radius 1 is 1.37 bits per heavy atom. The minimum Gasteiger partial charge on any atom is -0.315 e. The molecule has 3 heteroatoms. The zero-order valence-electron chi connectivity index (χ0n) is 12.8. The smallest absolute Gasteiger partial charge is 0.0703 e. The molecule has 108 valence electrons. The van der Waals surface area contributed by atoms with Crippen molar-refractivity contribution < 1.29 is 0 Å². The first kappa shape index (κ1) is 14.8. The summed E-state index contributed by atoms with van der Waals surface area (Å²) in [5.41, 5.74) is 0.286. The van der Waals surface area contributed by atoms with Crippen molar-refractivity contribution in [3.63, 3.8) is 0 Å². The van der Waals surface area contributed by atoms with Crippen LogP contribution in [-0.2, 0) is 0 Å². The maximum Gasteiger partial charge on any atom is 0.0703 e. The summed E-state index contributed by atoms with van der Waals surface area (Å²) >= 11 is 0. The van der Waals surface area contributed by atoms with Gasteiger partial charge in [-0.1, -0.05) is 20.3 Å². The highest BCUT2D eigenvalue weighted by Crippen LogP contribution is 2.40. The van der Waals surface area contributed by atoms with Gasteiger partial charge in [0.25, 0.3) is 0 Å². The molecule has 1 heterocycles. The van der Waals surface area contributed by atoms with Gasteiger partial charge >= 0.3 is 0 Å². The second kappa shape index (κ2) is 5.81. The van der Waals surface area contributed by atoms with Gasteiger partial charge in [-0.2, -0.15) is 5.26 Å². The summed E-state index contributed by atoms with van der Waals surface area (Å²) < 4.78 is 0. The number of hydrogen-bond acceptors (Lipinski definition) is 3. The molecular weight excluding hydrogens is 234 g/mol. The third-order valence-electron chi connectivity index (χ3n) is 5.32. The molecule has 1 aliphatic carbocycles. The van der Waals surface area contributed by atoms with Crippen molar-refractivity contribution in [1.29, 1.82) is 5.26 Å². The van der Waals surface area contributed by atoms with E-state index in [0.717, 1.165) is 31.8 Å². The van der Waals surface area contributed by atoms with Crippen LogP contribution in [0.25, 0.3) is 0 Å². The fourth-order valence-corrected chi connectivity index (χ4v) is 3.50. The zero-order valence-corrected chi connectivity index (χ0v) is 12.8. The molecule has 1 atom stereocenters. The number of rotatable bonds is 5. The van der Waals surface area contributed by atoms with Crippen LogP contribution in [0.5, 0.6) is 0 Å². The zero-order chi connectivity index (χ0) is 13.9. The molecule has 1 saturated carbocycles. The maximum atomic E-state index is 9.25. The van der Waals surface area contributed by atoms with E-state index in [1.165, 1.54) is 32.4 Å². The van der Waals surface area contributed by atoms with E-state index >= 15 is 0 Å². The second-order valence-corrected chi connectivity index (χ2v) is 7.44. The number of nitrogens with zero attached hydrogens (tertiary/aromatic N) is 2. The lowest BCUT2D eigenvalue weighted by Gasteiger charge is -2.42. The number of nitrogens with one attached hydrogen (secondary N) is 1. The number of nitriles is 1. The van der Waals surface area contributed by atoms with Crippen LogP contribution >= 0.6 is 0 Å². The molecular formula is C16H29N3. The van der Waals surface area contributed by atoms with E-state index < -0.39 is 0 Å². The highest BCUT2D eigenvalue weighted by molar-refractivity contribution is 5.06. The maximum absolute atomic E-state index is 9.25. The Bertz CT molecular complexity index is 338. The molecule has 1 aliphatic heterocycles. The number of hydrogen-bond donors (Lipinski definition) is 1. The van der Waals surface area contributed by atoms with Gasteiger partial charge in [0, 0.05) is 19.6 Å². The second-order valence-electron chi connectivity index (χ2n) is 7.44. The van der Waals surface area contributed by atoms with Gasteiger partial charge in [-0.3, -0.25) is 0 Å². The lowest BCUT2D eigenvalue weighted by Crippen LogP contribution is -2.47. The van der Waals surface area contributed by atoms with Crippen molar-refractivity contribution in [3.8, 4) is 6.07 Å². The van der Waals surface area contributed by atoms with Crippen molar-refractivity contribution in [2.24, 2.45) is 16.7 Å². The van der Waals surface area contributed by atoms with Gasteiger partial charge in [0.05, 0.1) is 11.5 Å². The SMILES string of the molecule is CN1CCCC(C(C)(C)CNCC2(C#N)CCC2)C1. The minimum atomic E-state index is -0.0422. The molecule has 1 unspecified atom stereocenters. The molecule has 2 rings (SSSR count). The van der Waals surface area contributed by atoms with Crippen LogP contribution in [-0.4, -0.2) is 38.1 Å². The lowest BCUT2D eigenvalue weighted by molar-refractivity contribution is 0.0970. The van der Waals surface area contributed by atoms with Gasteiger partial charge in [-0.05, 0) is 50.6 Å². The molecule has 0 aromatic rings. The first-order chi connectivity index (χ1) is 8.97. The van der Waals surface area contributed by atoms with Crippen LogP contribution in [0.1, 0.15) is 46.0 Å². The molecule has 0 amide bonds. The third-order valence-corrected chi connectivity index (χ3v) is 5.32. The number of piperidine rings is 1. The molecule has 1 N–H and O–H groups in total. The first-order valence-corrected chi connectivity index (χ1v) is 7.78. The topological polar surface area (TPSA) is 39.1 Å². The molecule has 3 nitrogen and oxygen atoms in total. The summed E-state index contributed by atoms with van der Waals surface area (Å²) in [7, 11) is 2.23. The molecule has 0 aromatic heterocycles. The van der Waals surface area contributed by atoms with E-state index in [1.807, 2.05) is 0 Å². The van der Waals surface area contributed by atoms with Crippen LogP contribution in [0.4, 0.5) is 0 Å². The Kier molecular flexibility index (Phi) is 4.53. The van der Waals surface area contributed by atoms with E-state index in [0.29, 0.717) is 5.41 Å². The molecule has 0 bridgehead atoms. The molecule has 0 radical (unpaired) electrons. The third kappa shape index (κ3) is 3.49. The standard InChI is InChI=1S/C16H29N3/c1-15(2,14-6-4-9-19(3)10-14)12-18-13-16(11-17)7-5-8-16/h14,18H,4-10,12-13H2,1-3H3. The van der Waals surface area contributed by atoms with Crippen molar-refractivity contribution in [1.82, 2.24) is 10.2 Å². The largest absolute Gasteiger partial charge is 0.315 e. The Morgan fingerprint density at radius 2 is 2.11 bits per heavy atom. The van der Waals surface area contributed by atoms with Crippen LogP contribution in [0.15, 0.2) is 0 Å². The summed E-state index contributed by atoms with van der Waals surface area (Å²) in [6.07, 6.45) is 6.08. The van der Waals surface area contributed by atoms with Crippen LogP contribution < -0.4 is 5.32 Å². The average Bonchev–Trinajstić information content (AvgIpc) is 2.32. The summed E-state index contributed by atoms with van der Waals surface area (Å²) in [5.74, 6) is 0.776. The molecule has 19 heavy (non-hydrogen) atoms. The molecule has 1 saturated heterocycles. The normalized spacial score (nSPS) is 27.6. The summed E-state index contributed by atoms with van der Waals surface area (Å²) in [5, 5.41) is 12.8. The highest BCUT2D eigenvalue weighted by Gasteiger charge is 2.38. The summed E-state index contributed by atoms with van der Waals surface area (Å²) in [4.78, 5) is 2.46. The Balaban J connectivity index is 1.79. The highest BCUT2D eigenvalue weighted by atomic mass is 15.1. The summed E-state index contributed by atoms with van der Waals surface area (Å²) in [6, 6.07) is 2.52. The van der Waals surface area contributed by atoms with Gasteiger partial charge in [-0.25, -0.2) is 0 Å². The van der Waals surface area contributed by atoms with Crippen molar-refractivity contribution in [2.45, 2.75) is 46.0 Å². The quantitative estimate of drug-likeness (QED) is 0.829. The monoisotopic (exact) mass is 263 g/mol. The van der Waals surface area contributed by atoms with Gasteiger partial charge in [-0.15, -0.1) is 0 Å². The molecule has 0 aromatic carbocycles. The number of likely N-dealkylation sites (tertiary alicyclic amines) is 1. The Hall–Kier alpha value is -0.590. The van der Waals surface area contributed by atoms with E-state index in [9.17, 15) is 5.26 Å². The predicted molar refractivity (Wildman–Crippen MR) is 78.8 cm³/mol. The Morgan fingerprint density at radius 3 is 2.63 bits per heavy atom. The predicted octanol–water partition coefficient (Wildman–Crippen LogP) is 2.64. The van der Waals surface area contributed by atoms with Gasteiger partial charge in [0.15, 0.2) is 0 Å². The van der Waals surface area contributed by atoms with Gasteiger partial charge in [0.1, 0.15) is 0 Å². The Labute approximate surface area is 118 Å². The van der Waals surface area contributed by atoms with Crippen LogP contribution in [0, 0.1) is 28.1 Å². The van der Waals surface area contributed by atoms with Gasteiger partial charge in [0.2, 0.25) is 0 Å². The van der Waals surface area contributed by atoms with Crippen molar-refractivity contribution in [3.05, 3.63) is 0 Å². The average molecular weight is 263 g/mol. The van der Waals surface area contributed by atoms with Crippen LogP contribution in [0.3, 0.4) is 0 Å². The van der Waals surface area contributed by atoms with E-state index in [-0.39, 0.29) is 5.41 Å². The van der Waals surface area contributed by atoms with Crippen molar-refractivity contribution in [2.75, 3.05) is 33.2 Å². The lowest BCUT2D eigenvalue weighted by atomic mass is 9.69. The molecule has 2 fully saturated rings. The minimum absolute atomic E-state index is 0.0422. The van der Waals surface area contributed by atoms with E-state index in [4.69, 9.17) is 0 Å².